The molecule has 1 atom stereocenters. The van der Waals surface area contributed by atoms with Gasteiger partial charge in [-0.05, 0) is 48.7 Å². The third kappa shape index (κ3) is 10.3. The van der Waals surface area contributed by atoms with Crippen LogP contribution in [-0.2, 0) is 24.3 Å². The molecule has 13 heteroatoms. The molecule has 2 aromatic carbocycles. The van der Waals surface area contributed by atoms with Gasteiger partial charge in [0, 0.05) is 13.1 Å². The fraction of sp³-hybridized carbons (Fsp3) is 0.423. The summed E-state index contributed by atoms with van der Waals surface area (Å²) in [4.78, 5) is 37.4. The number of rotatable bonds is 13. The summed E-state index contributed by atoms with van der Waals surface area (Å²) < 4.78 is 38.3. The van der Waals surface area contributed by atoms with Crippen LogP contribution >= 0.6 is 0 Å². The second-order valence-electron chi connectivity index (χ2n) is 9.33. The molecule has 0 radical (unpaired) electrons. The maximum Gasteiger partial charge on any atom is 0.329 e. The zero-order valence-electron chi connectivity index (χ0n) is 22.0. The number of carbonyl (C=O) groups is 3. The van der Waals surface area contributed by atoms with Crippen LogP contribution in [0.25, 0.3) is 0 Å². The summed E-state index contributed by atoms with van der Waals surface area (Å²) >= 11 is 0. The van der Waals surface area contributed by atoms with Gasteiger partial charge in [0.2, 0.25) is 15.9 Å². The fourth-order valence-electron chi connectivity index (χ4n) is 3.65. The number of hydrogen-bond donors (Lipinski definition) is 4. The first kappa shape index (κ1) is 30.0. The fourth-order valence-corrected chi connectivity index (χ4v) is 4.67. The zero-order chi connectivity index (χ0) is 28.3. The van der Waals surface area contributed by atoms with Crippen LogP contribution in [-0.4, -0.2) is 76.6 Å². The number of ketones is 1. The summed E-state index contributed by atoms with van der Waals surface area (Å²) in [5, 5.41) is 6.82. The van der Waals surface area contributed by atoms with Gasteiger partial charge in [0.15, 0.2) is 5.78 Å². The summed E-state index contributed by atoms with van der Waals surface area (Å²) in [5.74, 6) is 0.0871. The first-order valence-corrected chi connectivity index (χ1v) is 14.1. The average molecular weight is 562 g/mol. The van der Waals surface area contributed by atoms with E-state index in [0.717, 1.165) is 0 Å². The number of nitrogens with one attached hydrogen (secondary N) is 4. The Morgan fingerprint density at radius 3 is 2.23 bits per heavy atom. The third-order valence-electron chi connectivity index (χ3n) is 5.63. The molecule has 0 unspecified atom stereocenters. The summed E-state index contributed by atoms with van der Waals surface area (Å²) in [6, 6.07) is 13.4. The molecule has 3 amide bonds. The van der Waals surface area contributed by atoms with Crippen molar-refractivity contribution in [2.45, 2.75) is 31.2 Å². The van der Waals surface area contributed by atoms with Crippen molar-refractivity contribution in [1.29, 1.82) is 0 Å². The van der Waals surface area contributed by atoms with Crippen LogP contribution in [0, 0.1) is 5.92 Å². The third-order valence-corrected chi connectivity index (χ3v) is 7.05. The number of sulfonamides is 1. The van der Waals surface area contributed by atoms with Gasteiger partial charge in [0.1, 0.15) is 17.5 Å². The lowest BCUT2D eigenvalue weighted by atomic mass is 10.0. The molecule has 12 nitrogen and oxygen atoms in total. The molecule has 1 aliphatic heterocycles. The van der Waals surface area contributed by atoms with E-state index in [4.69, 9.17) is 9.47 Å². The number of hydrazine groups is 1. The van der Waals surface area contributed by atoms with Gasteiger partial charge < -0.3 is 20.1 Å². The van der Waals surface area contributed by atoms with Crippen molar-refractivity contribution in [3.05, 3.63) is 54.6 Å². The Hall–Kier alpha value is -3.52. The number of morpholine rings is 1. The van der Waals surface area contributed by atoms with Crippen molar-refractivity contribution in [3.8, 4) is 11.5 Å². The molecule has 1 saturated heterocycles. The molecule has 1 heterocycles. The molecule has 0 bridgehead atoms. The van der Waals surface area contributed by atoms with E-state index in [2.05, 4.69) is 20.8 Å². The van der Waals surface area contributed by atoms with E-state index in [1.165, 1.54) is 24.3 Å². The quantitative estimate of drug-likeness (QED) is 0.286. The highest BCUT2D eigenvalue weighted by Gasteiger charge is 2.24. The lowest BCUT2D eigenvalue weighted by Crippen LogP contribution is -2.56. The maximum absolute atomic E-state index is 12.7. The van der Waals surface area contributed by atoms with Crippen molar-refractivity contribution in [2.24, 2.45) is 5.92 Å². The minimum Gasteiger partial charge on any atom is -0.457 e. The van der Waals surface area contributed by atoms with Crippen molar-refractivity contribution < 1.29 is 32.3 Å². The van der Waals surface area contributed by atoms with Gasteiger partial charge in [0.05, 0.1) is 31.2 Å². The molecule has 0 aromatic heterocycles. The number of urea groups is 1. The van der Waals surface area contributed by atoms with Gasteiger partial charge in [-0.2, -0.15) is 0 Å². The molecule has 2 aromatic rings. The SMILES string of the molecule is CC(C)C[C@H](NC(=O)NN1CCOCC1)C(=O)NCC(=O)CNS(=O)(=O)c1ccc(Oc2ccccc2)cc1. The van der Waals surface area contributed by atoms with Crippen LogP contribution in [0.4, 0.5) is 4.79 Å². The molecular formula is C26H35N5O7S. The van der Waals surface area contributed by atoms with Gasteiger partial charge in [-0.25, -0.2) is 22.9 Å². The molecule has 1 aliphatic rings. The predicted molar refractivity (Wildman–Crippen MR) is 143 cm³/mol. The molecule has 0 spiro atoms. The standard InChI is InChI=1S/C26H35N5O7S/c1-19(2)16-24(29-26(34)30-31-12-14-37-15-13-31)25(33)27-17-20(32)18-28-39(35,36)23-10-8-22(9-11-23)38-21-6-4-3-5-7-21/h3-11,19,24,28H,12-18H2,1-2H3,(H,27,33)(H2,29,30,34)/t24-/m0/s1. The minimum absolute atomic E-state index is 0.0350. The van der Waals surface area contributed by atoms with E-state index in [1.54, 1.807) is 17.1 Å². The van der Waals surface area contributed by atoms with Crippen molar-refractivity contribution in [3.63, 3.8) is 0 Å². The number of ether oxygens (including phenoxy) is 2. The highest BCUT2D eigenvalue weighted by molar-refractivity contribution is 7.89. The van der Waals surface area contributed by atoms with E-state index < -0.39 is 46.9 Å². The summed E-state index contributed by atoms with van der Waals surface area (Å²) in [7, 11) is -3.96. The Morgan fingerprint density at radius 1 is 0.949 bits per heavy atom. The van der Waals surface area contributed by atoms with Crippen LogP contribution in [0.2, 0.25) is 0 Å². The summed E-state index contributed by atoms with van der Waals surface area (Å²) in [5.41, 5.74) is 2.68. The van der Waals surface area contributed by atoms with E-state index in [-0.39, 0.29) is 10.8 Å². The molecule has 3 rings (SSSR count). The van der Waals surface area contributed by atoms with E-state index in [9.17, 15) is 22.8 Å². The van der Waals surface area contributed by atoms with Crippen molar-refractivity contribution in [2.75, 3.05) is 39.4 Å². The predicted octanol–water partition coefficient (Wildman–Crippen LogP) is 1.40. The Morgan fingerprint density at radius 2 is 1.59 bits per heavy atom. The van der Waals surface area contributed by atoms with Gasteiger partial charge >= 0.3 is 6.03 Å². The number of amides is 3. The van der Waals surface area contributed by atoms with Gasteiger partial charge in [-0.15, -0.1) is 0 Å². The molecule has 0 saturated carbocycles. The molecule has 1 fully saturated rings. The number of nitrogens with zero attached hydrogens (tertiary/aromatic N) is 1. The summed E-state index contributed by atoms with van der Waals surface area (Å²) in [6.45, 7) is 4.96. The topological polar surface area (TPSA) is 155 Å². The van der Waals surface area contributed by atoms with Crippen LogP contribution in [0.1, 0.15) is 20.3 Å². The second-order valence-corrected chi connectivity index (χ2v) is 11.1. The first-order valence-electron chi connectivity index (χ1n) is 12.6. The van der Waals surface area contributed by atoms with Crippen LogP contribution in [0.15, 0.2) is 59.5 Å². The van der Waals surface area contributed by atoms with Gasteiger partial charge in [-0.3, -0.25) is 15.0 Å². The molecule has 4 N–H and O–H groups in total. The number of para-hydroxylation sites is 1. The Labute approximate surface area is 228 Å². The minimum atomic E-state index is -3.96. The zero-order valence-corrected chi connectivity index (χ0v) is 22.8. The van der Waals surface area contributed by atoms with Gasteiger partial charge in [-0.1, -0.05) is 32.0 Å². The van der Waals surface area contributed by atoms with E-state index in [0.29, 0.717) is 44.2 Å². The molecular weight excluding hydrogens is 526 g/mol. The highest BCUT2D eigenvalue weighted by Crippen LogP contribution is 2.22. The van der Waals surface area contributed by atoms with E-state index >= 15 is 0 Å². The Balaban J connectivity index is 1.46. The maximum atomic E-state index is 12.7. The van der Waals surface area contributed by atoms with Crippen molar-refractivity contribution in [1.82, 2.24) is 25.8 Å². The van der Waals surface area contributed by atoms with Crippen LogP contribution < -0.4 is 25.5 Å². The second kappa shape index (κ2) is 14.6. The van der Waals surface area contributed by atoms with E-state index in [1.807, 2.05) is 32.0 Å². The Kier molecular flexibility index (Phi) is 11.2. The molecule has 212 valence electrons. The number of Topliss-reactive ketones (excluding diaryl/α,β-unsaturated/α-hetero) is 1. The molecule has 0 aliphatic carbocycles. The Bertz CT molecular complexity index is 1200. The van der Waals surface area contributed by atoms with Gasteiger partial charge in [0.25, 0.3) is 0 Å². The largest absolute Gasteiger partial charge is 0.457 e. The number of carbonyl (C=O) groups excluding carboxylic acids is 3. The average Bonchev–Trinajstić information content (AvgIpc) is 2.91. The van der Waals surface area contributed by atoms with Crippen LogP contribution in [0.5, 0.6) is 11.5 Å². The highest BCUT2D eigenvalue weighted by atomic mass is 32.2. The van der Waals surface area contributed by atoms with Crippen LogP contribution in [0.3, 0.4) is 0 Å². The smallest absolute Gasteiger partial charge is 0.329 e. The number of benzene rings is 2. The monoisotopic (exact) mass is 561 g/mol. The molecule has 39 heavy (non-hydrogen) atoms. The first-order chi connectivity index (χ1) is 18.6. The summed E-state index contributed by atoms with van der Waals surface area (Å²) in [6.07, 6.45) is 0.354. The normalized spacial score (nSPS) is 14.8. The lowest BCUT2D eigenvalue weighted by molar-refractivity contribution is -0.126. The number of hydrogen-bond acceptors (Lipinski definition) is 8. The van der Waals surface area contributed by atoms with Crippen molar-refractivity contribution >= 4 is 27.7 Å². The lowest BCUT2D eigenvalue weighted by Gasteiger charge is -2.28.